The lowest BCUT2D eigenvalue weighted by atomic mass is 9.95. The zero-order chi connectivity index (χ0) is 15.6. The average molecular weight is 312 g/mol. The average Bonchev–Trinajstić information content (AvgIpc) is 2.93. The van der Waals surface area contributed by atoms with Gasteiger partial charge in [0, 0.05) is 50.5 Å². The highest BCUT2D eigenvalue weighted by atomic mass is 16.2. The van der Waals surface area contributed by atoms with Crippen molar-refractivity contribution in [2.24, 2.45) is 5.92 Å². The van der Waals surface area contributed by atoms with Crippen LogP contribution in [0.15, 0.2) is 31.0 Å². The van der Waals surface area contributed by atoms with Gasteiger partial charge in [-0.15, -0.1) is 0 Å². The molecule has 1 N–H and O–H groups in total. The van der Waals surface area contributed by atoms with Crippen LogP contribution >= 0.6 is 0 Å². The van der Waals surface area contributed by atoms with E-state index in [1.165, 1.54) is 6.42 Å². The largest absolute Gasteiger partial charge is 0.348 e. The zero-order valence-corrected chi connectivity index (χ0v) is 12.9. The second kappa shape index (κ2) is 6.08. The Hall–Kier alpha value is -2.28. The Labute approximate surface area is 134 Å². The summed E-state index contributed by atoms with van der Waals surface area (Å²) in [5.74, 6) is 1.50. The van der Waals surface area contributed by atoms with Crippen LogP contribution in [-0.4, -0.2) is 61.3 Å². The number of nitrogens with zero attached hydrogens (tertiary/aromatic N) is 5. The molecular formula is C16H20N6O. The fourth-order valence-electron chi connectivity index (χ4n) is 3.69. The van der Waals surface area contributed by atoms with E-state index in [9.17, 15) is 4.79 Å². The molecule has 7 heteroatoms. The number of piperidine rings is 1. The first kappa shape index (κ1) is 14.3. The minimum Gasteiger partial charge on any atom is -0.348 e. The lowest BCUT2D eigenvalue weighted by Gasteiger charge is -2.35. The molecule has 3 fully saturated rings. The van der Waals surface area contributed by atoms with Gasteiger partial charge in [0.2, 0.25) is 0 Å². The molecule has 0 aliphatic carbocycles. The molecule has 1 amide bonds. The molecule has 5 heterocycles. The third-order valence-corrected chi connectivity index (χ3v) is 4.80. The fraction of sp³-hybridized carbons (Fsp3) is 0.500. The Bertz CT molecular complexity index is 658. The Morgan fingerprint density at radius 3 is 2.91 bits per heavy atom. The molecule has 23 heavy (non-hydrogen) atoms. The van der Waals surface area contributed by atoms with Gasteiger partial charge in [0.15, 0.2) is 0 Å². The monoisotopic (exact) mass is 312 g/mol. The molecule has 7 nitrogen and oxygen atoms in total. The zero-order valence-electron chi connectivity index (χ0n) is 12.9. The van der Waals surface area contributed by atoms with Gasteiger partial charge in [0.1, 0.15) is 11.5 Å². The maximum atomic E-state index is 12.7. The van der Waals surface area contributed by atoms with Crippen molar-refractivity contribution in [3.8, 4) is 0 Å². The number of hydrogen-bond acceptors (Lipinski definition) is 5. The molecule has 2 bridgehead atoms. The number of imidazole rings is 1. The lowest BCUT2D eigenvalue weighted by molar-refractivity contribution is 0.0729. The van der Waals surface area contributed by atoms with E-state index in [1.807, 2.05) is 11.1 Å². The molecule has 120 valence electrons. The maximum absolute atomic E-state index is 12.7. The van der Waals surface area contributed by atoms with Gasteiger partial charge in [0.25, 0.3) is 5.91 Å². The number of fused-ring (bicyclic) bond motifs is 4. The van der Waals surface area contributed by atoms with Crippen LogP contribution in [0.3, 0.4) is 0 Å². The van der Waals surface area contributed by atoms with Gasteiger partial charge in [-0.3, -0.25) is 14.7 Å². The van der Waals surface area contributed by atoms with Gasteiger partial charge in [-0.2, -0.15) is 0 Å². The quantitative estimate of drug-likeness (QED) is 0.912. The van der Waals surface area contributed by atoms with E-state index in [0.29, 0.717) is 17.7 Å². The first-order valence-electron chi connectivity index (χ1n) is 8.07. The summed E-state index contributed by atoms with van der Waals surface area (Å²) in [5.41, 5.74) is 0.436. The third-order valence-electron chi connectivity index (χ3n) is 4.80. The predicted molar refractivity (Wildman–Crippen MR) is 83.4 cm³/mol. The van der Waals surface area contributed by atoms with Gasteiger partial charge in [-0.25, -0.2) is 9.97 Å². The summed E-state index contributed by atoms with van der Waals surface area (Å²) in [5, 5.41) is 0. The number of carbonyl (C=O) groups excluding carboxylic acids is 1. The van der Waals surface area contributed by atoms with Crippen molar-refractivity contribution in [3.63, 3.8) is 0 Å². The minimum absolute atomic E-state index is 0.00477. The summed E-state index contributed by atoms with van der Waals surface area (Å²) in [6, 6.07) is 0.388. The Morgan fingerprint density at radius 1 is 1.17 bits per heavy atom. The molecule has 0 aromatic carbocycles. The summed E-state index contributed by atoms with van der Waals surface area (Å²) >= 11 is 0. The lowest BCUT2D eigenvalue weighted by Crippen LogP contribution is -2.44. The summed E-state index contributed by atoms with van der Waals surface area (Å²) in [7, 11) is 0. The van der Waals surface area contributed by atoms with Gasteiger partial charge in [-0.05, 0) is 18.8 Å². The highest BCUT2D eigenvalue weighted by Crippen LogP contribution is 2.29. The number of amides is 1. The molecule has 5 rings (SSSR count). The molecule has 3 aliphatic rings. The van der Waals surface area contributed by atoms with Crippen molar-refractivity contribution in [2.75, 3.05) is 19.6 Å². The minimum atomic E-state index is -0.00477. The van der Waals surface area contributed by atoms with Crippen LogP contribution < -0.4 is 0 Å². The van der Waals surface area contributed by atoms with Gasteiger partial charge >= 0.3 is 0 Å². The predicted octanol–water partition coefficient (Wildman–Crippen LogP) is 0.936. The van der Waals surface area contributed by atoms with E-state index in [0.717, 1.165) is 38.4 Å². The molecule has 2 aromatic heterocycles. The maximum Gasteiger partial charge on any atom is 0.274 e. The van der Waals surface area contributed by atoms with Crippen molar-refractivity contribution < 1.29 is 4.79 Å². The summed E-state index contributed by atoms with van der Waals surface area (Å²) < 4.78 is 0. The molecule has 0 unspecified atom stereocenters. The fourth-order valence-corrected chi connectivity index (χ4v) is 3.69. The first-order chi connectivity index (χ1) is 11.3. The molecule has 3 aliphatic heterocycles. The van der Waals surface area contributed by atoms with Crippen LogP contribution in [0.2, 0.25) is 0 Å². The second-order valence-corrected chi connectivity index (χ2v) is 6.36. The Morgan fingerprint density at radius 2 is 2.13 bits per heavy atom. The third kappa shape index (κ3) is 2.96. The van der Waals surface area contributed by atoms with Crippen molar-refractivity contribution in [1.29, 1.82) is 0 Å². The molecule has 3 saturated heterocycles. The van der Waals surface area contributed by atoms with E-state index < -0.39 is 0 Å². The number of nitrogens with one attached hydrogen (secondary N) is 1. The van der Waals surface area contributed by atoms with E-state index in [1.54, 1.807) is 24.8 Å². The topological polar surface area (TPSA) is 78.0 Å². The van der Waals surface area contributed by atoms with Crippen LogP contribution in [0.25, 0.3) is 0 Å². The van der Waals surface area contributed by atoms with Crippen LogP contribution in [0.5, 0.6) is 0 Å². The standard InChI is InChI=1S/C16H20N6O/c23-16(14-7-17-3-4-18-14)22-9-12-1-2-13(10-22)21(8-12)11-15-19-5-6-20-15/h3-7,12-13H,1-2,8-11H2,(H,19,20)/t12-,13-/m1/s1. The number of aromatic nitrogens is 4. The number of carbonyl (C=O) groups is 1. The molecule has 0 saturated carbocycles. The normalized spacial score (nSPS) is 24.6. The summed E-state index contributed by atoms with van der Waals surface area (Å²) in [4.78, 5) is 32.8. The number of rotatable bonds is 3. The molecule has 0 spiro atoms. The Balaban J connectivity index is 1.50. The smallest absolute Gasteiger partial charge is 0.274 e. The van der Waals surface area contributed by atoms with Gasteiger partial charge in [-0.1, -0.05) is 0 Å². The Kier molecular flexibility index (Phi) is 3.78. The molecular weight excluding hydrogens is 292 g/mol. The van der Waals surface area contributed by atoms with Crippen LogP contribution in [0, 0.1) is 5.92 Å². The van der Waals surface area contributed by atoms with Crippen molar-refractivity contribution in [1.82, 2.24) is 29.7 Å². The van der Waals surface area contributed by atoms with Crippen LogP contribution in [-0.2, 0) is 6.54 Å². The van der Waals surface area contributed by atoms with Gasteiger partial charge < -0.3 is 9.88 Å². The number of aromatic amines is 1. The highest BCUT2D eigenvalue weighted by molar-refractivity contribution is 5.92. The van der Waals surface area contributed by atoms with Crippen molar-refractivity contribution >= 4 is 5.91 Å². The summed E-state index contributed by atoms with van der Waals surface area (Å²) in [6.07, 6.45) is 10.7. The SMILES string of the molecule is O=C(c1cnccn1)N1C[C@@H]2CC[C@H](C1)N(Cc1ncc[nH]1)C2. The van der Waals surface area contributed by atoms with E-state index in [-0.39, 0.29) is 5.91 Å². The highest BCUT2D eigenvalue weighted by Gasteiger charge is 2.37. The van der Waals surface area contributed by atoms with E-state index in [4.69, 9.17) is 0 Å². The van der Waals surface area contributed by atoms with Crippen molar-refractivity contribution in [3.05, 3.63) is 42.5 Å². The van der Waals surface area contributed by atoms with Crippen LogP contribution in [0.4, 0.5) is 0 Å². The van der Waals surface area contributed by atoms with E-state index in [2.05, 4.69) is 24.8 Å². The second-order valence-electron chi connectivity index (χ2n) is 6.36. The first-order valence-corrected chi connectivity index (χ1v) is 8.07. The van der Waals surface area contributed by atoms with Crippen LogP contribution in [0.1, 0.15) is 29.2 Å². The van der Waals surface area contributed by atoms with Gasteiger partial charge in [0.05, 0.1) is 12.7 Å². The molecule has 2 atom stereocenters. The number of hydrogen-bond donors (Lipinski definition) is 1. The molecule has 0 radical (unpaired) electrons. The number of H-pyrrole nitrogens is 1. The molecule has 2 aromatic rings. The summed E-state index contributed by atoms with van der Waals surface area (Å²) in [6.45, 7) is 3.41. The van der Waals surface area contributed by atoms with E-state index >= 15 is 0 Å². The van der Waals surface area contributed by atoms with Crippen molar-refractivity contribution in [2.45, 2.75) is 25.4 Å².